The molecule has 0 bridgehead atoms. The first-order valence-electron chi connectivity index (χ1n) is 5.57. The normalized spacial score (nSPS) is 11.9. The Morgan fingerprint density at radius 2 is 1.83 bits per heavy atom. The molecule has 1 aromatic heterocycles. The maximum atomic E-state index is 10.3. The molecule has 0 radical (unpaired) electrons. The Balaban J connectivity index is 2.31. The summed E-state index contributed by atoms with van der Waals surface area (Å²) in [6, 6.07) is 12.6. The lowest BCUT2D eigenvalue weighted by atomic mass is 10.1. The molecule has 0 saturated heterocycles. The summed E-state index contributed by atoms with van der Waals surface area (Å²) in [6.45, 7) is 0. The zero-order chi connectivity index (χ0) is 13.0. The van der Waals surface area contributed by atoms with Gasteiger partial charge in [-0.3, -0.25) is 0 Å². The van der Waals surface area contributed by atoms with Gasteiger partial charge in [0.15, 0.2) is 0 Å². The van der Waals surface area contributed by atoms with Crippen LogP contribution in [0.3, 0.4) is 0 Å². The average Bonchev–Trinajstić information content (AvgIpc) is 2.46. The van der Waals surface area contributed by atoms with Crippen LogP contribution in [0.1, 0.15) is 17.4 Å². The molecular weight excluding hydrogens is 230 g/mol. The monoisotopic (exact) mass is 245 g/mol. The van der Waals surface area contributed by atoms with Gasteiger partial charge in [-0.25, -0.2) is 4.98 Å². The summed E-state index contributed by atoms with van der Waals surface area (Å²) in [5, 5.41) is 10.3. The fourth-order valence-corrected chi connectivity index (χ4v) is 1.68. The Morgan fingerprint density at radius 3 is 2.56 bits per heavy atom. The highest BCUT2D eigenvalue weighted by Gasteiger charge is 2.13. The fraction of sp³-hybridized carbons (Fsp3) is 0.214. The fourth-order valence-electron chi connectivity index (χ4n) is 1.68. The van der Waals surface area contributed by atoms with Crippen LogP contribution in [-0.2, 0) is 0 Å². The minimum absolute atomic E-state index is 0.481. The third kappa shape index (κ3) is 2.60. The van der Waals surface area contributed by atoms with Gasteiger partial charge in [0, 0.05) is 6.07 Å². The van der Waals surface area contributed by atoms with Gasteiger partial charge < -0.3 is 14.6 Å². The predicted molar refractivity (Wildman–Crippen MR) is 67.8 cm³/mol. The number of rotatable bonds is 4. The molecule has 1 heterocycles. The molecule has 18 heavy (non-hydrogen) atoms. The first kappa shape index (κ1) is 12.4. The molecule has 2 rings (SSSR count). The van der Waals surface area contributed by atoms with Crippen LogP contribution in [0.15, 0.2) is 42.5 Å². The second kappa shape index (κ2) is 5.51. The van der Waals surface area contributed by atoms with Crippen molar-refractivity contribution >= 4 is 0 Å². The Labute approximate surface area is 106 Å². The van der Waals surface area contributed by atoms with E-state index in [-0.39, 0.29) is 0 Å². The topological polar surface area (TPSA) is 51.6 Å². The number of aliphatic hydroxyl groups excluding tert-OH is 1. The molecule has 2 aromatic rings. The number of ether oxygens (including phenoxy) is 2. The number of aliphatic hydroxyl groups is 1. The highest BCUT2D eigenvalue weighted by molar-refractivity contribution is 5.34. The van der Waals surface area contributed by atoms with E-state index in [9.17, 15) is 5.11 Å². The van der Waals surface area contributed by atoms with E-state index in [1.807, 2.05) is 18.2 Å². The molecule has 0 amide bonds. The van der Waals surface area contributed by atoms with E-state index in [0.29, 0.717) is 17.3 Å². The molecule has 1 unspecified atom stereocenters. The highest BCUT2D eigenvalue weighted by Crippen LogP contribution is 2.24. The van der Waals surface area contributed by atoms with Crippen LogP contribution < -0.4 is 9.47 Å². The van der Waals surface area contributed by atoms with Gasteiger partial charge in [-0.15, -0.1) is 0 Å². The van der Waals surface area contributed by atoms with Gasteiger partial charge in [-0.1, -0.05) is 18.2 Å². The molecule has 0 saturated carbocycles. The van der Waals surface area contributed by atoms with Gasteiger partial charge >= 0.3 is 0 Å². The summed E-state index contributed by atoms with van der Waals surface area (Å²) >= 11 is 0. The van der Waals surface area contributed by atoms with Crippen molar-refractivity contribution < 1.29 is 14.6 Å². The second-order valence-electron chi connectivity index (χ2n) is 3.78. The number of nitrogens with zero attached hydrogens (tertiary/aromatic N) is 1. The van der Waals surface area contributed by atoms with Crippen molar-refractivity contribution in [2.75, 3.05) is 14.2 Å². The first-order valence-corrected chi connectivity index (χ1v) is 5.57. The number of benzene rings is 1. The van der Waals surface area contributed by atoms with Crippen molar-refractivity contribution in [3.63, 3.8) is 0 Å². The maximum absolute atomic E-state index is 10.3. The molecule has 4 nitrogen and oxygen atoms in total. The van der Waals surface area contributed by atoms with E-state index < -0.39 is 6.10 Å². The molecule has 0 aliphatic carbocycles. The number of hydrogen-bond donors (Lipinski definition) is 1. The van der Waals surface area contributed by atoms with Crippen molar-refractivity contribution in [3.8, 4) is 11.6 Å². The SMILES string of the molecule is COc1cccc(C(O)c2cccc(OC)n2)c1. The summed E-state index contributed by atoms with van der Waals surface area (Å²) in [5.41, 5.74) is 1.28. The summed E-state index contributed by atoms with van der Waals surface area (Å²) in [4.78, 5) is 4.21. The smallest absolute Gasteiger partial charge is 0.213 e. The van der Waals surface area contributed by atoms with Gasteiger partial charge in [0.25, 0.3) is 0 Å². The van der Waals surface area contributed by atoms with E-state index in [1.54, 1.807) is 38.5 Å². The van der Waals surface area contributed by atoms with Crippen molar-refractivity contribution in [2.24, 2.45) is 0 Å². The Bertz CT molecular complexity index is 480. The van der Waals surface area contributed by atoms with Crippen LogP contribution in [0.4, 0.5) is 0 Å². The van der Waals surface area contributed by atoms with Crippen molar-refractivity contribution in [2.45, 2.75) is 6.10 Å². The molecule has 0 aliphatic heterocycles. The summed E-state index contributed by atoms with van der Waals surface area (Å²) in [7, 11) is 3.14. The van der Waals surface area contributed by atoms with Crippen LogP contribution in [0.5, 0.6) is 11.6 Å². The second-order valence-corrected chi connectivity index (χ2v) is 3.78. The Morgan fingerprint density at radius 1 is 1.06 bits per heavy atom. The van der Waals surface area contributed by atoms with Crippen molar-refractivity contribution in [1.82, 2.24) is 4.98 Å². The Kier molecular flexibility index (Phi) is 3.79. The van der Waals surface area contributed by atoms with Crippen LogP contribution in [0.25, 0.3) is 0 Å². The first-order chi connectivity index (χ1) is 8.74. The quantitative estimate of drug-likeness (QED) is 0.897. The molecule has 1 N–H and O–H groups in total. The van der Waals surface area contributed by atoms with E-state index in [2.05, 4.69) is 4.98 Å². The molecule has 94 valence electrons. The van der Waals surface area contributed by atoms with Crippen LogP contribution in [0, 0.1) is 0 Å². The van der Waals surface area contributed by atoms with E-state index in [4.69, 9.17) is 9.47 Å². The maximum Gasteiger partial charge on any atom is 0.213 e. The number of pyridine rings is 1. The molecule has 0 fully saturated rings. The summed E-state index contributed by atoms with van der Waals surface area (Å²) in [5.74, 6) is 1.18. The molecule has 1 aromatic carbocycles. The number of hydrogen-bond acceptors (Lipinski definition) is 4. The standard InChI is InChI=1S/C14H15NO3/c1-17-11-6-3-5-10(9-11)14(16)12-7-4-8-13(15-12)18-2/h3-9,14,16H,1-2H3. The predicted octanol–water partition coefficient (Wildman–Crippen LogP) is 2.18. The lowest BCUT2D eigenvalue weighted by molar-refractivity contribution is 0.213. The lowest BCUT2D eigenvalue weighted by Crippen LogP contribution is -2.03. The van der Waals surface area contributed by atoms with Gasteiger partial charge in [0.1, 0.15) is 11.9 Å². The lowest BCUT2D eigenvalue weighted by Gasteiger charge is -2.12. The van der Waals surface area contributed by atoms with E-state index in [1.165, 1.54) is 0 Å². The summed E-state index contributed by atoms with van der Waals surface area (Å²) < 4.78 is 10.2. The molecular formula is C14H15NO3. The zero-order valence-corrected chi connectivity index (χ0v) is 10.3. The van der Waals surface area contributed by atoms with Gasteiger partial charge in [0.2, 0.25) is 5.88 Å². The highest BCUT2D eigenvalue weighted by atomic mass is 16.5. The van der Waals surface area contributed by atoms with Crippen molar-refractivity contribution in [3.05, 3.63) is 53.7 Å². The molecule has 4 heteroatoms. The third-order valence-corrected chi connectivity index (χ3v) is 2.64. The largest absolute Gasteiger partial charge is 0.497 e. The van der Waals surface area contributed by atoms with Crippen LogP contribution >= 0.6 is 0 Å². The number of aromatic nitrogens is 1. The van der Waals surface area contributed by atoms with E-state index in [0.717, 1.165) is 5.56 Å². The van der Waals surface area contributed by atoms with Crippen LogP contribution in [-0.4, -0.2) is 24.3 Å². The molecule has 0 aliphatic rings. The summed E-state index contributed by atoms with van der Waals surface area (Å²) in [6.07, 6.45) is -0.796. The minimum Gasteiger partial charge on any atom is -0.497 e. The zero-order valence-electron chi connectivity index (χ0n) is 10.3. The number of methoxy groups -OCH3 is 2. The van der Waals surface area contributed by atoms with Gasteiger partial charge in [0.05, 0.1) is 19.9 Å². The van der Waals surface area contributed by atoms with Crippen molar-refractivity contribution in [1.29, 1.82) is 0 Å². The van der Waals surface area contributed by atoms with Gasteiger partial charge in [-0.2, -0.15) is 0 Å². The third-order valence-electron chi connectivity index (χ3n) is 2.64. The Hall–Kier alpha value is -2.07. The minimum atomic E-state index is -0.796. The van der Waals surface area contributed by atoms with E-state index >= 15 is 0 Å². The van der Waals surface area contributed by atoms with Gasteiger partial charge in [-0.05, 0) is 23.8 Å². The molecule has 1 atom stereocenters. The molecule has 0 spiro atoms. The average molecular weight is 245 g/mol. The van der Waals surface area contributed by atoms with Crippen LogP contribution in [0.2, 0.25) is 0 Å².